The molecule has 0 aromatic heterocycles. The zero-order valence-corrected chi connectivity index (χ0v) is 33.2. The van der Waals surface area contributed by atoms with E-state index in [1.54, 1.807) is 0 Å². The van der Waals surface area contributed by atoms with Gasteiger partial charge in [-0.2, -0.15) is 0 Å². The van der Waals surface area contributed by atoms with Crippen molar-refractivity contribution in [2.45, 2.75) is 181 Å². The second-order valence-corrected chi connectivity index (χ2v) is 12.8. The van der Waals surface area contributed by atoms with Crippen LogP contribution in [0.1, 0.15) is 181 Å². The van der Waals surface area contributed by atoms with Crippen molar-refractivity contribution in [3.63, 3.8) is 0 Å². The van der Waals surface area contributed by atoms with Gasteiger partial charge in [0.2, 0.25) is 0 Å². The van der Waals surface area contributed by atoms with Crippen molar-refractivity contribution in [2.24, 2.45) is 5.73 Å². The number of rotatable bonds is 28. The van der Waals surface area contributed by atoms with Gasteiger partial charge in [0.25, 0.3) is 0 Å². The van der Waals surface area contributed by atoms with E-state index in [0.29, 0.717) is 6.42 Å². The van der Waals surface area contributed by atoms with Gasteiger partial charge in [-0.05, 0) is 45.1 Å². The predicted octanol–water partition coefficient (Wildman–Crippen LogP) is 4.85. The molecule has 0 atom stereocenters. The molecular weight excluding hydrogens is 661 g/mol. The molecule has 0 radical (unpaired) electrons. The van der Waals surface area contributed by atoms with Gasteiger partial charge in [-0.25, -0.2) is 0 Å². The van der Waals surface area contributed by atoms with Crippen LogP contribution in [0.5, 0.6) is 0 Å². The van der Waals surface area contributed by atoms with E-state index in [9.17, 15) is 4.57 Å². The van der Waals surface area contributed by atoms with Crippen molar-refractivity contribution in [1.82, 2.24) is 0 Å². The second kappa shape index (κ2) is 44.8. The minimum absolute atomic E-state index is 0. The zero-order valence-electron chi connectivity index (χ0n) is 26.7. The van der Waals surface area contributed by atoms with Crippen LogP contribution in [0.15, 0.2) is 12.2 Å². The van der Waals surface area contributed by atoms with Gasteiger partial charge >= 0.3 is 34.9 Å². The molecule has 240 valence electrons. The smallest absolute Gasteiger partial charge is 1.00 e. The first-order valence-electron chi connectivity index (χ1n) is 16.4. The molecule has 8 heteroatoms. The third-order valence-electron chi connectivity index (χ3n) is 7.02. The Bertz CT molecular complexity index is 497. The van der Waals surface area contributed by atoms with Crippen molar-refractivity contribution in [3.05, 3.63) is 12.2 Å². The van der Waals surface area contributed by atoms with Crippen LogP contribution < -0.4 is 30.5 Å². The largest absolute Gasteiger partial charge is 2.00 e. The summed E-state index contributed by atoms with van der Waals surface area (Å²) in [6.45, 7) is 5.38. The van der Waals surface area contributed by atoms with E-state index >= 15 is 0 Å². The van der Waals surface area contributed by atoms with Crippen LogP contribution in [-0.4, -0.2) is 22.5 Å². The summed E-state index contributed by atoms with van der Waals surface area (Å²) >= 11 is 0. The minimum atomic E-state index is -3.75. The van der Waals surface area contributed by atoms with Gasteiger partial charge < -0.3 is 40.3 Å². The molecule has 0 heterocycles. The van der Waals surface area contributed by atoms with Crippen LogP contribution >= 0.6 is 7.60 Å². The molecule has 0 aromatic carbocycles. The van der Waals surface area contributed by atoms with Crippen LogP contribution in [0.4, 0.5) is 0 Å². The maximum absolute atomic E-state index is 10.6. The van der Waals surface area contributed by atoms with Crippen LogP contribution in [0.2, 0.25) is 0 Å². The summed E-state index contributed by atoms with van der Waals surface area (Å²) < 4.78 is 10.6. The molecule has 0 saturated heterocycles. The van der Waals surface area contributed by atoms with Gasteiger partial charge in [0, 0.05) is 6.16 Å². The Morgan fingerprint density at radius 2 is 0.775 bits per heavy atom. The Kier molecular flexibility index (Phi) is 57.1. The quantitative estimate of drug-likeness (QED) is 0.0466. The Labute approximate surface area is 283 Å². The SMILES string of the molecule is CCCCCCCCC=CCCCCCCCCN.CCCCCCCCCCCCCCP(=O)(O)O.[Cd+2].[Cl-].[Cl-]. The average molecular weight is 729 g/mol. The fraction of sp³-hybridized carbons (Fsp3) is 0.938. The van der Waals surface area contributed by atoms with E-state index in [1.807, 2.05) is 0 Å². The molecule has 0 fully saturated rings. The summed E-state index contributed by atoms with van der Waals surface area (Å²) in [4.78, 5) is 17.4. The third-order valence-corrected chi connectivity index (χ3v) is 7.92. The van der Waals surface area contributed by atoms with Gasteiger partial charge in [0.1, 0.15) is 0 Å². The molecule has 0 aromatic rings. The number of hydrogen-bond donors (Lipinski definition) is 3. The van der Waals surface area contributed by atoms with E-state index in [0.717, 1.165) is 19.4 Å². The molecule has 0 aliphatic heterocycles. The molecule has 0 saturated carbocycles. The number of allylic oxidation sites excluding steroid dienone is 2. The molecule has 0 aliphatic carbocycles. The fourth-order valence-electron chi connectivity index (χ4n) is 4.55. The molecule has 0 bridgehead atoms. The zero-order chi connectivity index (χ0) is 27.7. The molecule has 0 amide bonds. The number of halogens is 2. The molecule has 0 rings (SSSR count). The molecule has 0 aliphatic rings. The Balaban J connectivity index is -0.000000190. The second-order valence-electron chi connectivity index (χ2n) is 11.0. The Hall–Kier alpha value is 1.35. The first-order valence-corrected chi connectivity index (χ1v) is 18.2. The average Bonchev–Trinajstić information content (AvgIpc) is 2.87. The molecule has 0 unspecified atom stereocenters. The van der Waals surface area contributed by atoms with Crippen molar-refractivity contribution in [1.29, 1.82) is 0 Å². The van der Waals surface area contributed by atoms with Crippen LogP contribution in [0, 0.1) is 0 Å². The summed E-state index contributed by atoms with van der Waals surface area (Å²) in [6.07, 6.45) is 38.7. The van der Waals surface area contributed by atoms with Gasteiger partial charge in [-0.15, -0.1) is 0 Å². The van der Waals surface area contributed by atoms with E-state index in [4.69, 9.17) is 15.5 Å². The van der Waals surface area contributed by atoms with Crippen molar-refractivity contribution in [2.75, 3.05) is 12.7 Å². The normalized spacial score (nSPS) is 10.8. The van der Waals surface area contributed by atoms with Gasteiger partial charge in [0.15, 0.2) is 0 Å². The molecule has 0 spiro atoms. The Morgan fingerprint density at radius 3 is 1.07 bits per heavy atom. The first-order chi connectivity index (χ1) is 18.0. The molecule has 40 heavy (non-hydrogen) atoms. The van der Waals surface area contributed by atoms with E-state index in [1.165, 1.54) is 148 Å². The van der Waals surface area contributed by atoms with Crippen molar-refractivity contribution in [3.8, 4) is 0 Å². The topological polar surface area (TPSA) is 83.6 Å². The molecular formula is C32H68CdCl2NO3P. The van der Waals surface area contributed by atoms with E-state index in [2.05, 4.69) is 26.0 Å². The first kappa shape index (κ1) is 51.0. The minimum Gasteiger partial charge on any atom is -1.00 e. The van der Waals surface area contributed by atoms with Crippen LogP contribution in [-0.2, 0) is 31.9 Å². The number of nitrogens with two attached hydrogens (primary N) is 1. The van der Waals surface area contributed by atoms with Crippen LogP contribution in [0.3, 0.4) is 0 Å². The summed E-state index contributed by atoms with van der Waals surface area (Å²) in [5, 5.41) is 0. The predicted molar refractivity (Wildman–Crippen MR) is 166 cm³/mol. The van der Waals surface area contributed by atoms with Crippen molar-refractivity contribution >= 4 is 7.60 Å². The summed E-state index contributed by atoms with van der Waals surface area (Å²) in [6, 6.07) is 0. The Morgan fingerprint density at radius 1 is 0.500 bits per heavy atom. The van der Waals surface area contributed by atoms with Gasteiger partial charge in [-0.3, -0.25) is 4.57 Å². The fourth-order valence-corrected chi connectivity index (χ4v) is 5.19. The molecule has 4 nitrogen and oxygen atoms in total. The summed E-state index contributed by atoms with van der Waals surface area (Å²) in [7, 11) is -3.75. The monoisotopic (exact) mass is 729 g/mol. The van der Waals surface area contributed by atoms with Crippen molar-refractivity contribution < 1.29 is 66.5 Å². The van der Waals surface area contributed by atoms with E-state index < -0.39 is 7.60 Å². The van der Waals surface area contributed by atoms with Crippen LogP contribution in [0.25, 0.3) is 0 Å². The maximum atomic E-state index is 10.6. The number of unbranched alkanes of at least 4 members (excludes halogenated alkanes) is 23. The summed E-state index contributed by atoms with van der Waals surface area (Å²) in [5.41, 5.74) is 5.47. The standard InChI is InChI=1S/C18H37N.C14H31O3P.Cd.2ClH/c1-2-3-4-5-6-7-8-9-10-11-12-13-14-15-16-17-18-19;1-2-3-4-5-6-7-8-9-10-11-12-13-14-18(15,16)17;;;/h9-10H,2-8,11-19H2,1H3;2-14H2,1H3,(H2,15,16,17);;2*1H/q;;+2;;/p-2. The maximum Gasteiger partial charge on any atom is 2.00 e. The van der Waals surface area contributed by atoms with Gasteiger partial charge in [0.05, 0.1) is 0 Å². The number of hydrogen-bond acceptors (Lipinski definition) is 2. The van der Waals surface area contributed by atoms with E-state index in [-0.39, 0.29) is 58.3 Å². The third kappa shape index (κ3) is 55.3. The van der Waals surface area contributed by atoms with Gasteiger partial charge in [-0.1, -0.05) is 154 Å². The summed E-state index contributed by atoms with van der Waals surface area (Å²) in [5.74, 6) is 0. The molecule has 4 N–H and O–H groups in total.